The second-order valence-electron chi connectivity index (χ2n) is 7.39. The van der Waals surface area contributed by atoms with Crippen LogP contribution < -0.4 is 9.80 Å². The molecule has 0 saturated carbocycles. The fourth-order valence-corrected chi connectivity index (χ4v) is 5.12. The van der Waals surface area contributed by atoms with Crippen molar-refractivity contribution in [1.29, 1.82) is 0 Å². The first-order valence-corrected chi connectivity index (χ1v) is 12.0. The molecule has 1 amide bonds. The van der Waals surface area contributed by atoms with Gasteiger partial charge in [-0.1, -0.05) is 48.3 Å². The standard InChI is InChI=1S/C23H25Cl2N3OS/c1-2-26-9-11-27(12-10-26)21-6-4-3-5-17(21)15-22-23(29)28(13-14-30-22)18-7-8-19(24)20(25)16-18/h3-8,15-16H,2,9-14H2,1H3. The van der Waals surface area contributed by atoms with Crippen LogP contribution in [0.25, 0.3) is 6.08 Å². The van der Waals surface area contributed by atoms with E-state index in [1.54, 1.807) is 28.8 Å². The highest BCUT2D eigenvalue weighted by Crippen LogP contribution is 2.34. The lowest BCUT2D eigenvalue weighted by molar-refractivity contribution is -0.114. The van der Waals surface area contributed by atoms with Crippen LogP contribution in [0.5, 0.6) is 0 Å². The van der Waals surface area contributed by atoms with E-state index < -0.39 is 0 Å². The van der Waals surface area contributed by atoms with E-state index in [0.717, 1.165) is 54.6 Å². The molecule has 2 fully saturated rings. The average molecular weight is 462 g/mol. The number of carbonyl (C=O) groups excluding carboxylic acids is 1. The third-order valence-electron chi connectivity index (χ3n) is 5.63. The molecule has 0 spiro atoms. The molecule has 30 heavy (non-hydrogen) atoms. The van der Waals surface area contributed by atoms with Gasteiger partial charge in [0.05, 0.1) is 15.0 Å². The first kappa shape index (κ1) is 21.6. The number of likely N-dealkylation sites (N-methyl/N-ethyl adjacent to an activating group) is 1. The lowest BCUT2D eigenvalue weighted by atomic mass is 10.1. The highest BCUT2D eigenvalue weighted by molar-refractivity contribution is 8.04. The molecule has 0 N–H and O–H groups in total. The summed E-state index contributed by atoms with van der Waals surface area (Å²) in [5.74, 6) is 0.852. The van der Waals surface area contributed by atoms with Crippen LogP contribution in [0, 0.1) is 0 Å². The van der Waals surface area contributed by atoms with Crippen molar-refractivity contribution in [1.82, 2.24) is 4.90 Å². The summed E-state index contributed by atoms with van der Waals surface area (Å²) in [6, 6.07) is 13.7. The van der Waals surface area contributed by atoms with E-state index >= 15 is 0 Å². The van der Waals surface area contributed by atoms with E-state index in [-0.39, 0.29) is 5.91 Å². The van der Waals surface area contributed by atoms with Crippen molar-refractivity contribution in [2.75, 3.05) is 54.8 Å². The maximum Gasteiger partial charge on any atom is 0.264 e. The lowest BCUT2D eigenvalue weighted by Crippen LogP contribution is -2.46. The molecule has 2 saturated heterocycles. The van der Waals surface area contributed by atoms with Crippen molar-refractivity contribution in [3.8, 4) is 0 Å². The van der Waals surface area contributed by atoms with Crippen LogP contribution >= 0.6 is 35.0 Å². The van der Waals surface area contributed by atoms with E-state index in [9.17, 15) is 4.79 Å². The summed E-state index contributed by atoms with van der Waals surface area (Å²) >= 11 is 13.8. The second kappa shape index (κ2) is 9.65. The number of hydrogen-bond donors (Lipinski definition) is 0. The lowest BCUT2D eigenvalue weighted by Gasteiger charge is -2.36. The zero-order valence-electron chi connectivity index (χ0n) is 17.0. The molecule has 0 bridgehead atoms. The Morgan fingerprint density at radius 1 is 1.00 bits per heavy atom. The molecular weight excluding hydrogens is 437 g/mol. The monoisotopic (exact) mass is 461 g/mol. The maximum atomic E-state index is 13.2. The second-order valence-corrected chi connectivity index (χ2v) is 9.34. The van der Waals surface area contributed by atoms with Gasteiger partial charge in [0.15, 0.2) is 0 Å². The molecule has 0 aliphatic carbocycles. The Kier molecular flexibility index (Phi) is 6.94. The first-order chi connectivity index (χ1) is 14.6. The van der Waals surface area contributed by atoms with E-state index in [1.807, 2.05) is 18.2 Å². The molecule has 2 aliphatic heterocycles. The predicted octanol–water partition coefficient (Wildman–Crippen LogP) is 5.26. The zero-order valence-corrected chi connectivity index (χ0v) is 19.3. The molecular formula is C23H25Cl2N3OS. The summed E-state index contributed by atoms with van der Waals surface area (Å²) in [5.41, 5.74) is 3.07. The molecule has 2 aliphatic rings. The number of amides is 1. The number of nitrogens with zero attached hydrogens (tertiary/aromatic N) is 3. The Balaban J connectivity index is 1.59. The van der Waals surface area contributed by atoms with Crippen molar-refractivity contribution >= 4 is 58.3 Å². The molecule has 0 radical (unpaired) electrons. The number of benzene rings is 2. The van der Waals surface area contributed by atoms with Crippen LogP contribution in [0.15, 0.2) is 47.4 Å². The number of halogens is 2. The van der Waals surface area contributed by atoms with Gasteiger partial charge in [0, 0.05) is 49.9 Å². The maximum absolute atomic E-state index is 13.2. The van der Waals surface area contributed by atoms with Crippen LogP contribution in [0.1, 0.15) is 12.5 Å². The Bertz CT molecular complexity index is 957. The van der Waals surface area contributed by atoms with Crippen LogP contribution in [-0.4, -0.2) is 55.8 Å². The molecule has 7 heteroatoms. The van der Waals surface area contributed by atoms with E-state index in [2.05, 4.69) is 34.9 Å². The van der Waals surface area contributed by atoms with Gasteiger partial charge >= 0.3 is 0 Å². The molecule has 4 nitrogen and oxygen atoms in total. The van der Waals surface area contributed by atoms with Crippen LogP contribution in [0.3, 0.4) is 0 Å². The fraction of sp³-hybridized carbons (Fsp3) is 0.348. The van der Waals surface area contributed by atoms with Crippen molar-refractivity contribution in [2.24, 2.45) is 0 Å². The highest BCUT2D eigenvalue weighted by atomic mass is 35.5. The Morgan fingerprint density at radius 2 is 1.77 bits per heavy atom. The molecule has 4 rings (SSSR count). The van der Waals surface area contributed by atoms with Crippen LogP contribution in [-0.2, 0) is 4.79 Å². The van der Waals surface area contributed by atoms with Crippen molar-refractivity contribution in [2.45, 2.75) is 6.92 Å². The number of piperazine rings is 1. The summed E-state index contributed by atoms with van der Waals surface area (Å²) in [7, 11) is 0. The SMILES string of the molecule is CCN1CCN(c2ccccc2C=C2SCCN(c3ccc(Cl)c(Cl)c3)C2=O)CC1. The summed E-state index contributed by atoms with van der Waals surface area (Å²) in [6.07, 6.45) is 2.04. The number of hydrogen-bond acceptors (Lipinski definition) is 4. The topological polar surface area (TPSA) is 26.8 Å². The number of anilines is 2. The molecule has 158 valence electrons. The van der Waals surface area contributed by atoms with Gasteiger partial charge in [-0.15, -0.1) is 11.8 Å². The normalized spacial score (nSPS) is 19.6. The minimum atomic E-state index is 0.00949. The first-order valence-electron chi connectivity index (χ1n) is 10.2. The number of para-hydroxylation sites is 1. The summed E-state index contributed by atoms with van der Waals surface area (Å²) in [5, 5.41) is 0.953. The molecule has 0 unspecified atom stereocenters. The van der Waals surface area contributed by atoms with E-state index in [0.29, 0.717) is 16.6 Å². The predicted molar refractivity (Wildman–Crippen MR) is 130 cm³/mol. The Hall–Kier alpha value is -1.66. The van der Waals surface area contributed by atoms with Gasteiger partial charge in [-0.25, -0.2) is 0 Å². The number of rotatable bonds is 4. The number of carbonyl (C=O) groups is 1. The summed E-state index contributed by atoms with van der Waals surface area (Å²) < 4.78 is 0. The largest absolute Gasteiger partial charge is 0.368 e. The van der Waals surface area contributed by atoms with Gasteiger partial charge < -0.3 is 14.7 Å². The minimum absolute atomic E-state index is 0.00949. The quantitative estimate of drug-likeness (QED) is 0.580. The average Bonchev–Trinajstić information content (AvgIpc) is 2.78. The summed E-state index contributed by atoms with van der Waals surface area (Å²) in [4.78, 5) is 20.7. The Labute approximate surface area is 192 Å². The highest BCUT2D eigenvalue weighted by Gasteiger charge is 2.26. The van der Waals surface area contributed by atoms with Crippen LogP contribution in [0.4, 0.5) is 11.4 Å². The molecule has 0 atom stereocenters. The van der Waals surface area contributed by atoms with E-state index in [4.69, 9.17) is 23.2 Å². The van der Waals surface area contributed by atoms with Gasteiger partial charge in [0.1, 0.15) is 0 Å². The molecule has 0 aromatic heterocycles. The minimum Gasteiger partial charge on any atom is -0.368 e. The summed E-state index contributed by atoms with van der Waals surface area (Å²) in [6.45, 7) is 8.10. The fourth-order valence-electron chi connectivity index (χ4n) is 3.89. The van der Waals surface area contributed by atoms with Gasteiger partial charge in [-0.05, 0) is 42.4 Å². The van der Waals surface area contributed by atoms with Gasteiger partial charge in [-0.3, -0.25) is 4.79 Å². The third-order valence-corrected chi connectivity index (χ3v) is 7.36. The zero-order chi connectivity index (χ0) is 21.1. The molecule has 2 aromatic carbocycles. The van der Waals surface area contributed by atoms with Crippen molar-refractivity contribution < 1.29 is 4.79 Å². The molecule has 2 heterocycles. The van der Waals surface area contributed by atoms with Gasteiger partial charge in [-0.2, -0.15) is 0 Å². The van der Waals surface area contributed by atoms with Gasteiger partial charge in [0.25, 0.3) is 5.91 Å². The smallest absolute Gasteiger partial charge is 0.264 e. The van der Waals surface area contributed by atoms with Crippen molar-refractivity contribution in [3.63, 3.8) is 0 Å². The number of thioether (sulfide) groups is 1. The van der Waals surface area contributed by atoms with Crippen molar-refractivity contribution in [3.05, 3.63) is 63.0 Å². The Morgan fingerprint density at radius 3 is 2.50 bits per heavy atom. The van der Waals surface area contributed by atoms with Gasteiger partial charge in [0.2, 0.25) is 0 Å². The molecule has 2 aromatic rings. The van der Waals surface area contributed by atoms with E-state index in [1.165, 1.54) is 5.69 Å². The van der Waals surface area contributed by atoms with Crippen LogP contribution in [0.2, 0.25) is 10.0 Å². The third kappa shape index (κ3) is 4.65.